The molecule has 0 spiro atoms. The molecule has 0 heterocycles. The van der Waals surface area contributed by atoms with Gasteiger partial charge >= 0.3 is 64.7 Å². The first-order valence-corrected chi connectivity index (χ1v) is 6.45. The van der Waals surface area contributed by atoms with E-state index in [0.29, 0.717) is 0 Å². The third-order valence-electron chi connectivity index (χ3n) is 0.752. The summed E-state index contributed by atoms with van der Waals surface area (Å²) in [6.45, 7) is 0. The molecule has 0 aliphatic rings. The molecule has 5 N–H and O–H groups in total. The van der Waals surface area contributed by atoms with Crippen LogP contribution in [0.5, 0.6) is 0 Å². The molecule has 0 amide bonds. The van der Waals surface area contributed by atoms with Crippen LogP contribution in [0.4, 0.5) is 0 Å². The molecule has 60 valence electrons. The molecule has 0 aromatic heterocycles. The number of carbonyl (C=O) groups is 1. The van der Waals surface area contributed by atoms with Gasteiger partial charge in [0.2, 0.25) is 0 Å². The Hall–Kier alpha value is 0.299. The van der Waals surface area contributed by atoms with Crippen LogP contribution in [0.15, 0.2) is 0 Å². The summed E-state index contributed by atoms with van der Waals surface area (Å²) in [4.78, 5) is 27.4. The van der Waals surface area contributed by atoms with Crippen LogP contribution in [-0.2, 0) is 4.79 Å². The average molecular weight is 232 g/mol. The number of nitrogens with two attached hydrogens (primary N) is 1. The fourth-order valence-electron chi connectivity index (χ4n) is 0.334. The van der Waals surface area contributed by atoms with Gasteiger partial charge in [-0.3, -0.25) is 0 Å². The standard InChI is InChI=1S/C3H8NO4PSe/c4-2(3(5)6)1-9(7,8)10/h2H,1,4H2,(H,5,6)(H2,7,8,10)/t2-/m0/s1. The van der Waals surface area contributed by atoms with Crippen molar-refractivity contribution in [2.45, 2.75) is 6.04 Å². The van der Waals surface area contributed by atoms with Gasteiger partial charge in [0.25, 0.3) is 0 Å². The Bertz CT molecular complexity index is 177. The molecule has 0 saturated heterocycles. The van der Waals surface area contributed by atoms with E-state index >= 15 is 0 Å². The fraction of sp³-hybridized carbons (Fsp3) is 0.667. The van der Waals surface area contributed by atoms with Crippen LogP contribution in [-0.4, -0.2) is 48.2 Å². The molecule has 0 rings (SSSR count). The van der Waals surface area contributed by atoms with Crippen LogP contribution in [0, 0.1) is 0 Å². The zero-order valence-electron chi connectivity index (χ0n) is 4.97. The fourth-order valence-corrected chi connectivity index (χ4v) is 2.01. The van der Waals surface area contributed by atoms with Gasteiger partial charge in [0.15, 0.2) is 0 Å². The summed E-state index contributed by atoms with van der Waals surface area (Å²) in [7, 11) is 0. The molecule has 0 fully saturated rings. The minimum absolute atomic E-state index is 0.317. The summed E-state index contributed by atoms with van der Waals surface area (Å²) >= 11 is 2.08. The molecule has 1 atom stereocenters. The number of hydrogen-bond acceptors (Lipinski definition) is 4. The number of rotatable bonds is 3. The zero-order chi connectivity index (χ0) is 8.36. The normalized spacial score (nSPS) is 14.7. The molecular weight excluding hydrogens is 224 g/mol. The van der Waals surface area contributed by atoms with Gasteiger partial charge in [0.05, 0.1) is 0 Å². The van der Waals surface area contributed by atoms with Crippen LogP contribution >= 0.6 is 5.96 Å². The van der Waals surface area contributed by atoms with E-state index in [2.05, 4.69) is 15.1 Å². The number of carboxylic acid groups (broad SMARTS) is 1. The summed E-state index contributed by atoms with van der Waals surface area (Å²) < 4.78 is 0. The van der Waals surface area contributed by atoms with Gasteiger partial charge in [-0.25, -0.2) is 0 Å². The van der Waals surface area contributed by atoms with Crippen LogP contribution in [0.25, 0.3) is 0 Å². The molecule has 10 heavy (non-hydrogen) atoms. The third kappa shape index (κ3) is 5.11. The van der Waals surface area contributed by atoms with Crippen molar-refractivity contribution in [3.05, 3.63) is 0 Å². The summed E-state index contributed by atoms with van der Waals surface area (Å²) in [6.07, 6.45) is -0.317. The Morgan fingerprint density at radius 1 is 1.70 bits per heavy atom. The molecule has 0 aromatic carbocycles. The zero-order valence-corrected chi connectivity index (χ0v) is 7.57. The second kappa shape index (κ2) is 3.62. The monoisotopic (exact) mass is 233 g/mol. The average Bonchev–Trinajstić information content (AvgIpc) is 1.60. The molecule has 0 unspecified atom stereocenters. The topological polar surface area (TPSA) is 104 Å². The van der Waals surface area contributed by atoms with Gasteiger partial charge in [0.1, 0.15) is 0 Å². The van der Waals surface area contributed by atoms with E-state index < -0.39 is 18.0 Å². The van der Waals surface area contributed by atoms with Crippen molar-refractivity contribution in [3.63, 3.8) is 0 Å². The second-order valence-electron chi connectivity index (χ2n) is 1.79. The molecule has 0 bridgehead atoms. The Labute approximate surface area is 65.2 Å². The van der Waals surface area contributed by atoms with Crippen LogP contribution in [0.3, 0.4) is 0 Å². The Balaban J connectivity index is 3.93. The van der Waals surface area contributed by atoms with Crippen LogP contribution in [0.1, 0.15) is 0 Å². The van der Waals surface area contributed by atoms with Gasteiger partial charge in [-0.05, 0) is 0 Å². The predicted molar refractivity (Wildman–Crippen MR) is 37.6 cm³/mol. The van der Waals surface area contributed by atoms with E-state index in [1.807, 2.05) is 0 Å². The van der Waals surface area contributed by atoms with Gasteiger partial charge in [-0.1, -0.05) is 0 Å². The predicted octanol–water partition coefficient (Wildman–Crippen LogP) is -1.69. The SMILES string of the molecule is N[C@@H](CP(O)(O)=[Se])C(=O)O. The van der Waals surface area contributed by atoms with Crippen molar-refractivity contribution in [1.29, 1.82) is 0 Å². The first-order valence-electron chi connectivity index (χ1n) is 2.36. The maximum absolute atomic E-state index is 10.0. The van der Waals surface area contributed by atoms with Crippen molar-refractivity contribution in [1.82, 2.24) is 0 Å². The van der Waals surface area contributed by atoms with Crippen molar-refractivity contribution in [2.24, 2.45) is 5.73 Å². The molecule has 0 aromatic rings. The number of carboxylic acids is 1. The molecule has 0 saturated carbocycles. The van der Waals surface area contributed by atoms with E-state index in [1.54, 1.807) is 0 Å². The Morgan fingerprint density at radius 3 is 2.20 bits per heavy atom. The van der Waals surface area contributed by atoms with Crippen molar-refractivity contribution in [2.75, 3.05) is 6.16 Å². The van der Waals surface area contributed by atoms with Gasteiger partial charge in [-0.15, -0.1) is 0 Å². The molecule has 7 heteroatoms. The summed E-state index contributed by atoms with van der Waals surface area (Å²) in [5, 5.41) is 8.20. The third-order valence-corrected chi connectivity index (χ3v) is 2.56. The van der Waals surface area contributed by atoms with Gasteiger partial charge in [-0.2, -0.15) is 0 Å². The summed E-state index contributed by atoms with van der Waals surface area (Å²) in [5.41, 5.74) is 4.99. The molecule has 0 aliphatic carbocycles. The number of hydrogen-bond donors (Lipinski definition) is 4. The van der Waals surface area contributed by atoms with Crippen LogP contribution < -0.4 is 5.73 Å². The van der Waals surface area contributed by atoms with Crippen molar-refractivity contribution < 1.29 is 19.7 Å². The van der Waals surface area contributed by atoms with Gasteiger partial charge in [0, 0.05) is 0 Å². The Kier molecular flexibility index (Phi) is 3.73. The molecule has 0 radical (unpaired) electrons. The summed E-state index contributed by atoms with van der Waals surface area (Å²) in [5.74, 6) is -4.39. The first kappa shape index (κ1) is 10.3. The van der Waals surface area contributed by atoms with E-state index in [0.717, 1.165) is 0 Å². The first-order chi connectivity index (χ1) is 4.33. The molecule has 0 aliphatic heterocycles. The minimum atomic E-state index is -3.16. The van der Waals surface area contributed by atoms with Gasteiger partial charge < -0.3 is 0 Å². The maximum atomic E-state index is 10.0. The quantitative estimate of drug-likeness (QED) is 0.343. The van der Waals surface area contributed by atoms with E-state index in [-0.39, 0.29) is 6.16 Å². The van der Waals surface area contributed by atoms with E-state index in [1.165, 1.54) is 0 Å². The molecule has 5 nitrogen and oxygen atoms in total. The van der Waals surface area contributed by atoms with E-state index in [9.17, 15) is 4.79 Å². The number of aliphatic carboxylic acids is 1. The second-order valence-corrected chi connectivity index (χ2v) is 7.17. The van der Waals surface area contributed by atoms with Crippen molar-refractivity contribution >= 4 is 27.0 Å². The van der Waals surface area contributed by atoms with Crippen molar-refractivity contribution in [3.8, 4) is 0 Å². The van der Waals surface area contributed by atoms with E-state index in [4.69, 9.17) is 20.6 Å². The van der Waals surface area contributed by atoms with Crippen LogP contribution in [0.2, 0.25) is 0 Å². The summed E-state index contributed by atoms with van der Waals surface area (Å²) in [6, 6.07) is -1.20. The Morgan fingerprint density at radius 2 is 2.10 bits per heavy atom. The molecular formula is C3H8NO4PSe.